The Bertz CT molecular complexity index is 986. The second kappa shape index (κ2) is 10.1. The first kappa shape index (κ1) is 22.3. The number of amidine groups is 1. The number of anilines is 1. The summed E-state index contributed by atoms with van der Waals surface area (Å²) < 4.78 is 15.0. The van der Waals surface area contributed by atoms with Crippen LogP contribution < -0.4 is 10.7 Å². The Morgan fingerprint density at radius 2 is 2.03 bits per heavy atom. The van der Waals surface area contributed by atoms with Crippen LogP contribution in [0.4, 0.5) is 10.1 Å². The number of hydrogen-bond donors (Lipinski definition) is 2. The summed E-state index contributed by atoms with van der Waals surface area (Å²) in [6.07, 6.45) is 2.33. The van der Waals surface area contributed by atoms with Crippen LogP contribution >= 0.6 is 0 Å². The maximum Gasteiger partial charge on any atom is 0.181 e. The molecule has 8 nitrogen and oxygen atoms in total. The fourth-order valence-electron chi connectivity index (χ4n) is 3.79. The van der Waals surface area contributed by atoms with E-state index in [0.717, 1.165) is 30.8 Å². The summed E-state index contributed by atoms with van der Waals surface area (Å²) in [5.74, 6) is 4.73. The highest BCUT2D eigenvalue weighted by Gasteiger charge is 2.24. The minimum absolute atomic E-state index is 0.129. The lowest BCUT2D eigenvalue weighted by atomic mass is 9.98. The average Bonchev–Trinajstić information content (AvgIpc) is 2.74. The molecule has 1 saturated heterocycles. The molecule has 2 heterocycles. The van der Waals surface area contributed by atoms with Crippen molar-refractivity contribution in [3.63, 3.8) is 0 Å². The third kappa shape index (κ3) is 5.61. The Labute approximate surface area is 181 Å². The summed E-state index contributed by atoms with van der Waals surface area (Å²) >= 11 is 0. The van der Waals surface area contributed by atoms with Crippen molar-refractivity contribution < 1.29 is 4.39 Å². The van der Waals surface area contributed by atoms with E-state index < -0.39 is 5.82 Å². The average molecular weight is 423 g/mol. The van der Waals surface area contributed by atoms with Crippen molar-refractivity contribution in [1.29, 1.82) is 10.7 Å². The molecule has 1 aromatic heterocycles. The lowest BCUT2D eigenvalue weighted by Crippen LogP contribution is -2.46. The summed E-state index contributed by atoms with van der Waals surface area (Å²) in [6.45, 7) is 7.76. The Balaban J connectivity index is 1.77. The van der Waals surface area contributed by atoms with Crippen LogP contribution in [0.15, 0.2) is 40.8 Å². The molecule has 9 heteroatoms. The van der Waals surface area contributed by atoms with Gasteiger partial charge in [-0.25, -0.2) is 4.39 Å². The number of nitrogens with zero attached hydrogens (tertiary/aromatic N) is 6. The normalized spacial score (nSPS) is 14.9. The first-order valence-electron chi connectivity index (χ1n) is 10.3. The molecule has 0 unspecified atom stereocenters. The van der Waals surface area contributed by atoms with Crippen LogP contribution in [-0.4, -0.2) is 41.9 Å². The zero-order valence-electron chi connectivity index (χ0n) is 17.8. The topological polar surface area (TPSA) is 118 Å². The SMILES string of the molecule is CC(C)Cc1cc(F)c(C(=N)/N=N\N)c(N2CCN(Cc3ccc(C#N)cn3)CC2)c1. The van der Waals surface area contributed by atoms with Gasteiger partial charge in [0.2, 0.25) is 0 Å². The lowest BCUT2D eigenvalue weighted by molar-refractivity contribution is 0.247. The molecule has 2 aromatic rings. The first-order valence-corrected chi connectivity index (χ1v) is 10.3. The minimum Gasteiger partial charge on any atom is -0.368 e. The second-order valence-electron chi connectivity index (χ2n) is 8.05. The molecule has 0 atom stereocenters. The third-order valence-electron chi connectivity index (χ3n) is 5.22. The van der Waals surface area contributed by atoms with E-state index in [1.54, 1.807) is 12.3 Å². The van der Waals surface area contributed by atoms with Gasteiger partial charge in [0.05, 0.1) is 22.5 Å². The van der Waals surface area contributed by atoms with Gasteiger partial charge in [0.1, 0.15) is 11.9 Å². The predicted octanol–water partition coefficient (Wildman–Crippen LogP) is 3.26. The van der Waals surface area contributed by atoms with E-state index in [1.165, 1.54) is 6.07 Å². The lowest BCUT2D eigenvalue weighted by Gasteiger charge is -2.37. The highest BCUT2D eigenvalue weighted by molar-refractivity contribution is 6.02. The van der Waals surface area contributed by atoms with Crippen molar-refractivity contribution in [2.75, 3.05) is 31.1 Å². The maximum absolute atomic E-state index is 15.0. The molecule has 31 heavy (non-hydrogen) atoms. The number of halogens is 1. The first-order chi connectivity index (χ1) is 14.9. The number of pyridine rings is 1. The zero-order valence-corrected chi connectivity index (χ0v) is 17.8. The summed E-state index contributed by atoms with van der Waals surface area (Å²) in [7, 11) is 0. The Morgan fingerprint density at radius 3 is 2.61 bits per heavy atom. The summed E-state index contributed by atoms with van der Waals surface area (Å²) in [5.41, 5.74) is 3.13. The summed E-state index contributed by atoms with van der Waals surface area (Å²) in [4.78, 5) is 8.70. The van der Waals surface area contributed by atoms with E-state index >= 15 is 0 Å². The minimum atomic E-state index is -0.477. The van der Waals surface area contributed by atoms with Crippen LogP contribution in [0.5, 0.6) is 0 Å². The van der Waals surface area contributed by atoms with Gasteiger partial charge in [0.15, 0.2) is 5.84 Å². The zero-order chi connectivity index (χ0) is 22.4. The molecule has 1 aromatic carbocycles. The number of benzene rings is 1. The van der Waals surface area contributed by atoms with Crippen LogP contribution in [0.25, 0.3) is 0 Å². The van der Waals surface area contributed by atoms with E-state index in [0.29, 0.717) is 36.8 Å². The molecular formula is C22H27FN8. The quantitative estimate of drug-likeness (QED) is 0.244. The fraction of sp³-hybridized carbons (Fsp3) is 0.409. The smallest absolute Gasteiger partial charge is 0.181 e. The number of nitriles is 1. The van der Waals surface area contributed by atoms with Crippen molar-refractivity contribution >= 4 is 11.5 Å². The van der Waals surface area contributed by atoms with E-state index in [-0.39, 0.29) is 11.4 Å². The Morgan fingerprint density at radius 1 is 1.29 bits per heavy atom. The molecule has 0 amide bonds. The monoisotopic (exact) mass is 422 g/mol. The van der Waals surface area contributed by atoms with Crippen LogP contribution in [0, 0.1) is 28.5 Å². The number of nitrogens with two attached hydrogens (primary N) is 1. The van der Waals surface area contributed by atoms with Crippen molar-refractivity contribution in [3.05, 3.63) is 58.7 Å². The third-order valence-corrected chi connectivity index (χ3v) is 5.22. The molecule has 1 fully saturated rings. The van der Waals surface area contributed by atoms with E-state index in [4.69, 9.17) is 16.5 Å². The van der Waals surface area contributed by atoms with Crippen molar-refractivity contribution in [2.24, 2.45) is 22.1 Å². The number of rotatable bonds is 6. The van der Waals surface area contributed by atoms with Gasteiger partial charge in [-0.2, -0.15) is 5.26 Å². The molecule has 162 valence electrons. The highest BCUT2D eigenvalue weighted by Crippen LogP contribution is 2.29. The Hall–Kier alpha value is -3.38. The number of nitrogens with one attached hydrogen (secondary N) is 1. The van der Waals surface area contributed by atoms with Gasteiger partial charge >= 0.3 is 0 Å². The van der Waals surface area contributed by atoms with E-state index in [2.05, 4.69) is 45.0 Å². The van der Waals surface area contributed by atoms with Crippen molar-refractivity contribution in [3.8, 4) is 6.07 Å². The molecular weight excluding hydrogens is 395 g/mol. The van der Waals surface area contributed by atoms with Crippen LogP contribution in [-0.2, 0) is 13.0 Å². The predicted molar refractivity (Wildman–Crippen MR) is 117 cm³/mol. The molecule has 0 spiro atoms. The number of hydrogen-bond acceptors (Lipinski definition) is 6. The maximum atomic E-state index is 15.0. The molecule has 0 bridgehead atoms. The summed E-state index contributed by atoms with van der Waals surface area (Å²) in [6, 6.07) is 9.14. The van der Waals surface area contributed by atoms with Gasteiger partial charge < -0.3 is 10.7 Å². The van der Waals surface area contributed by atoms with Gasteiger partial charge in [0.25, 0.3) is 0 Å². The Kier molecular flexibility index (Phi) is 7.26. The van der Waals surface area contributed by atoms with Gasteiger partial charge in [-0.05, 0) is 42.2 Å². The fourth-order valence-corrected chi connectivity index (χ4v) is 3.79. The standard InChI is InChI=1S/C22H27FN8/c1-15(2)9-17-10-19(23)21(22(25)28-29-26)20(11-17)31-7-5-30(6-8-31)14-18-4-3-16(12-24)13-27-18/h3-4,10-11,13,15H,5-9,14H2,1-2H3,(H3,25,26,28). The van der Waals surface area contributed by atoms with Crippen molar-refractivity contribution in [1.82, 2.24) is 9.88 Å². The van der Waals surface area contributed by atoms with Gasteiger partial charge in [-0.15, -0.1) is 5.11 Å². The largest absolute Gasteiger partial charge is 0.368 e. The molecule has 1 aliphatic heterocycles. The van der Waals surface area contributed by atoms with Crippen LogP contribution in [0.3, 0.4) is 0 Å². The number of piperazine rings is 1. The van der Waals surface area contributed by atoms with Crippen molar-refractivity contribution in [2.45, 2.75) is 26.8 Å². The molecule has 1 aliphatic rings. The van der Waals surface area contributed by atoms with Gasteiger partial charge in [-0.1, -0.05) is 19.1 Å². The summed E-state index contributed by atoms with van der Waals surface area (Å²) in [5, 5.41) is 23.7. The molecule has 3 N–H and O–H groups in total. The van der Waals surface area contributed by atoms with Crippen LogP contribution in [0.2, 0.25) is 0 Å². The van der Waals surface area contributed by atoms with Crippen LogP contribution in [0.1, 0.15) is 36.2 Å². The van der Waals surface area contributed by atoms with Gasteiger partial charge in [-0.3, -0.25) is 15.3 Å². The highest BCUT2D eigenvalue weighted by atomic mass is 19.1. The molecule has 0 saturated carbocycles. The molecule has 3 rings (SSSR count). The molecule has 0 aliphatic carbocycles. The molecule has 0 radical (unpaired) electrons. The van der Waals surface area contributed by atoms with E-state index in [1.807, 2.05) is 12.1 Å². The van der Waals surface area contributed by atoms with Gasteiger partial charge in [0, 0.05) is 38.9 Å². The number of aromatic nitrogens is 1. The second-order valence-corrected chi connectivity index (χ2v) is 8.05. The van der Waals surface area contributed by atoms with E-state index in [9.17, 15) is 4.39 Å².